The highest BCUT2D eigenvalue weighted by Crippen LogP contribution is 2.16. The average Bonchev–Trinajstić information content (AvgIpc) is 1.88. The zero-order valence-corrected chi connectivity index (χ0v) is 7.82. The van der Waals surface area contributed by atoms with Gasteiger partial charge in [0.1, 0.15) is 0 Å². The average molecular weight is 182 g/mol. The van der Waals surface area contributed by atoms with Crippen LogP contribution in [0.5, 0.6) is 0 Å². The van der Waals surface area contributed by atoms with Crippen molar-refractivity contribution in [2.24, 2.45) is 5.73 Å². The second kappa shape index (κ2) is 4.26. The Kier molecular flexibility index (Phi) is 4.32. The Bertz CT molecular complexity index is 109. The predicted octanol–water partition coefficient (Wildman–Crippen LogP) is 0.561. The Hall–Kier alpha value is 0.170. The number of rotatable bonds is 1. The molecule has 1 aliphatic rings. The van der Waals surface area contributed by atoms with E-state index < -0.39 is 0 Å². The molecule has 1 unspecified atom stereocenters. The summed E-state index contributed by atoms with van der Waals surface area (Å²) in [6.45, 7) is 5.86. The van der Waals surface area contributed by atoms with Gasteiger partial charge in [-0.05, 0) is 13.8 Å². The van der Waals surface area contributed by atoms with Gasteiger partial charge in [0.2, 0.25) is 0 Å². The zero-order chi connectivity index (χ0) is 7.61. The summed E-state index contributed by atoms with van der Waals surface area (Å²) in [5, 5.41) is 0. The van der Waals surface area contributed by atoms with Gasteiger partial charge in [-0.15, -0.1) is 12.4 Å². The van der Waals surface area contributed by atoms with Crippen LogP contribution in [-0.4, -0.2) is 31.5 Å². The summed E-state index contributed by atoms with van der Waals surface area (Å²) in [4.78, 5) is 0. The highest BCUT2D eigenvalue weighted by molar-refractivity contribution is 5.85. The lowest BCUT2D eigenvalue weighted by Crippen LogP contribution is -2.45. The number of hydrogen-bond donors (Lipinski definition) is 1. The van der Waals surface area contributed by atoms with Crippen molar-refractivity contribution in [3.8, 4) is 0 Å². The third-order valence-corrected chi connectivity index (χ3v) is 1.59. The number of ether oxygens (including phenoxy) is 2. The van der Waals surface area contributed by atoms with Crippen molar-refractivity contribution < 1.29 is 9.47 Å². The van der Waals surface area contributed by atoms with E-state index in [1.54, 1.807) is 0 Å². The van der Waals surface area contributed by atoms with Crippen LogP contribution in [0.3, 0.4) is 0 Å². The lowest BCUT2D eigenvalue weighted by molar-refractivity contribution is -0.171. The van der Waals surface area contributed by atoms with Crippen molar-refractivity contribution in [3.63, 3.8) is 0 Å². The van der Waals surface area contributed by atoms with Crippen LogP contribution in [0, 0.1) is 0 Å². The Balaban J connectivity index is 0.000001000. The van der Waals surface area contributed by atoms with Crippen molar-refractivity contribution in [1.29, 1.82) is 0 Å². The molecule has 0 radical (unpaired) electrons. The van der Waals surface area contributed by atoms with Gasteiger partial charge in [-0.25, -0.2) is 0 Å². The van der Waals surface area contributed by atoms with E-state index in [1.807, 2.05) is 13.8 Å². The molecule has 1 fully saturated rings. The minimum Gasteiger partial charge on any atom is -0.372 e. The molecule has 2 N–H and O–H groups in total. The molecule has 0 aromatic carbocycles. The van der Waals surface area contributed by atoms with E-state index in [0.717, 1.165) is 0 Å². The van der Waals surface area contributed by atoms with Gasteiger partial charge in [-0.1, -0.05) is 0 Å². The molecule has 1 heterocycles. The zero-order valence-electron chi connectivity index (χ0n) is 7.00. The SMILES string of the molecule is CC1(C)COC(CN)CO1.Cl. The summed E-state index contributed by atoms with van der Waals surface area (Å²) < 4.78 is 10.9. The Morgan fingerprint density at radius 2 is 2.18 bits per heavy atom. The van der Waals surface area contributed by atoms with Gasteiger partial charge in [0.15, 0.2) is 0 Å². The normalized spacial score (nSPS) is 29.2. The summed E-state index contributed by atoms with van der Waals surface area (Å²) in [6, 6.07) is 0. The molecule has 3 nitrogen and oxygen atoms in total. The highest BCUT2D eigenvalue weighted by atomic mass is 35.5. The van der Waals surface area contributed by atoms with Crippen LogP contribution in [0.2, 0.25) is 0 Å². The van der Waals surface area contributed by atoms with Crippen LogP contribution in [-0.2, 0) is 9.47 Å². The van der Waals surface area contributed by atoms with Crippen molar-refractivity contribution >= 4 is 12.4 Å². The van der Waals surface area contributed by atoms with Gasteiger partial charge in [0, 0.05) is 6.54 Å². The van der Waals surface area contributed by atoms with Gasteiger partial charge < -0.3 is 15.2 Å². The largest absolute Gasteiger partial charge is 0.372 e. The first-order chi connectivity index (χ1) is 4.64. The van der Waals surface area contributed by atoms with Crippen molar-refractivity contribution in [3.05, 3.63) is 0 Å². The first-order valence-electron chi connectivity index (χ1n) is 3.60. The summed E-state index contributed by atoms with van der Waals surface area (Å²) in [5.41, 5.74) is 5.27. The quantitative estimate of drug-likeness (QED) is 0.643. The molecule has 4 heteroatoms. The fraction of sp³-hybridized carbons (Fsp3) is 1.00. The maximum atomic E-state index is 5.46. The molecule has 0 aliphatic carbocycles. The van der Waals surface area contributed by atoms with Gasteiger partial charge in [-0.3, -0.25) is 0 Å². The Labute approximate surface area is 73.6 Å². The summed E-state index contributed by atoms with van der Waals surface area (Å²) in [5.74, 6) is 0. The maximum absolute atomic E-state index is 5.46. The molecule has 1 atom stereocenters. The van der Waals surface area contributed by atoms with Crippen molar-refractivity contribution in [2.45, 2.75) is 25.6 Å². The molecule has 1 aliphatic heterocycles. The van der Waals surface area contributed by atoms with Gasteiger partial charge in [0.05, 0.1) is 24.9 Å². The lowest BCUT2D eigenvalue weighted by Gasteiger charge is -2.34. The van der Waals surface area contributed by atoms with Crippen LogP contribution in [0.4, 0.5) is 0 Å². The van der Waals surface area contributed by atoms with E-state index in [4.69, 9.17) is 15.2 Å². The fourth-order valence-corrected chi connectivity index (χ4v) is 0.863. The second-order valence-electron chi connectivity index (χ2n) is 3.24. The molecule has 0 bridgehead atoms. The minimum atomic E-state index is -0.119. The second-order valence-corrected chi connectivity index (χ2v) is 3.24. The van der Waals surface area contributed by atoms with E-state index in [0.29, 0.717) is 19.8 Å². The molecule has 1 saturated heterocycles. The molecule has 1 rings (SSSR count). The molecule has 0 aromatic heterocycles. The maximum Gasteiger partial charge on any atom is 0.0932 e. The molecule has 0 aromatic rings. The van der Waals surface area contributed by atoms with Crippen LogP contribution in [0.15, 0.2) is 0 Å². The summed E-state index contributed by atoms with van der Waals surface area (Å²) >= 11 is 0. The third-order valence-electron chi connectivity index (χ3n) is 1.59. The molecular formula is C7H16ClNO2. The molecule has 0 amide bonds. The standard InChI is InChI=1S/C7H15NO2.ClH/c1-7(2)5-9-6(3-8)4-10-7;/h6H,3-5,8H2,1-2H3;1H. The van der Waals surface area contributed by atoms with Gasteiger partial charge in [0.25, 0.3) is 0 Å². The monoisotopic (exact) mass is 181 g/mol. The van der Waals surface area contributed by atoms with E-state index >= 15 is 0 Å². The first-order valence-corrected chi connectivity index (χ1v) is 3.60. The summed E-state index contributed by atoms with van der Waals surface area (Å²) in [6.07, 6.45) is 0.105. The number of hydrogen-bond acceptors (Lipinski definition) is 3. The van der Waals surface area contributed by atoms with E-state index in [1.165, 1.54) is 0 Å². The van der Waals surface area contributed by atoms with Crippen molar-refractivity contribution in [2.75, 3.05) is 19.8 Å². The Morgan fingerprint density at radius 3 is 2.55 bits per heavy atom. The number of nitrogens with two attached hydrogens (primary N) is 1. The van der Waals surface area contributed by atoms with Crippen molar-refractivity contribution in [1.82, 2.24) is 0 Å². The van der Waals surface area contributed by atoms with E-state index in [9.17, 15) is 0 Å². The lowest BCUT2D eigenvalue weighted by atomic mass is 10.1. The van der Waals surface area contributed by atoms with Crippen LogP contribution in [0.1, 0.15) is 13.8 Å². The van der Waals surface area contributed by atoms with E-state index in [2.05, 4.69) is 0 Å². The van der Waals surface area contributed by atoms with E-state index in [-0.39, 0.29) is 24.1 Å². The third kappa shape index (κ3) is 3.38. The molecule has 0 spiro atoms. The smallest absolute Gasteiger partial charge is 0.0932 e. The molecule has 11 heavy (non-hydrogen) atoms. The topological polar surface area (TPSA) is 44.5 Å². The molecule has 0 saturated carbocycles. The molecule has 68 valence electrons. The minimum absolute atomic E-state index is 0. The number of halogens is 1. The fourth-order valence-electron chi connectivity index (χ4n) is 0.863. The highest BCUT2D eigenvalue weighted by Gasteiger charge is 2.27. The van der Waals surface area contributed by atoms with Crippen LogP contribution >= 0.6 is 12.4 Å². The molecular weight excluding hydrogens is 166 g/mol. The van der Waals surface area contributed by atoms with Crippen LogP contribution in [0.25, 0.3) is 0 Å². The van der Waals surface area contributed by atoms with Gasteiger partial charge in [-0.2, -0.15) is 0 Å². The Morgan fingerprint density at radius 1 is 1.55 bits per heavy atom. The van der Waals surface area contributed by atoms with Crippen LogP contribution < -0.4 is 5.73 Å². The first kappa shape index (κ1) is 11.2. The summed E-state index contributed by atoms with van der Waals surface area (Å²) in [7, 11) is 0. The predicted molar refractivity (Wildman–Crippen MR) is 46.1 cm³/mol. The van der Waals surface area contributed by atoms with Gasteiger partial charge >= 0.3 is 0 Å².